The van der Waals surface area contributed by atoms with E-state index in [1.165, 1.54) is 12.1 Å². The fourth-order valence-corrected chi connectivity index (χ4v) is 3.00. The number of ether oxygens (including phenoxy) is 1. The topological polar surface area (TPSA) is 67.4 Å². The van der Waals surface area contributed by atoms with Crippen molar-refractivity contribution in [3.05, 3.63) is 29.6 Å². The van der Waals surface area contributed by atoms with Gasteiger partial charge < -0.3 is 15.4 Å². The zero-order chi connectivity index (χ0) is 17.9. The zero-order valence-corrected chi connectivity index (χ0v) is 14.6. The molecule has 2 atom stereocenters. The van der Waals surface area contributed by atoms with Gasteiger partial charge in [-0.2, -0.15) is 0 Å². The summed E-state index contributed by atoms with van der Waals surface area (Å²) in [4.78, 5) is 23.9. The van der Waals surface area contributed by atoms with E-state index < -0.39 is 17.6 Å². The molecule has 1 heterocycles. The monoisotopic (exact) mass is 336 g/mol. The van der Waals surface area contributed by atoms with Crippen molar-refractivity contribution in [2.75, 3.05) is 18.5 Å². The molecule has 132 valence electrons. The minimum Gasteiger partial charge on any atom is -0.377 e. The van der Waals surface area contributed by atoms with E-state index in [1.54, 1.807) is 13.0 Å². The summed E-state index contributed by atoms with van der Waals surface area (Å²) in [6.07, 6.45) is 0.881. The molecule has 1 aliphatic heterocycles. The van der Waals surface area contributed by atoms with Crippen molar-refractivity contribution in [1.82, 2.24) is 5.32 Å². The third-order valence-corrected chi connectivity index (χ3v) is 4.17. The van der Waals surface area contributed by atoms with Crippen LogP contribution in [0.5, 0.6) is 0 Å². The Labute approximate surface area is 142 Å². The standard InChI is InChI=1S/C18H25FN2O3/c1-11-5-6-14(13(19)9-11)21-17(23)16(22)20-10-12-7-8-24-15(12)18(2,3)4/h5-6,9,12,15H,7-8,10H2,1-4H3,(H,20,22)(H,21,23)/t12-,15-/m1/s1. The van der Waals surface area contributed by atoms with E-state index in [1.807, 2.05) is 0 Å². The Hall–Kier alpha value is -1.95. The molecule has 0 spiro atoms. The van der Waals surface area contributed by atoms with E-state index in [-0.39, 0.29) is 23.1 Å². The van der Waals surface area contributed by atoms with Crippen LogP contribution in [0.1, 0.15) is 32.8 Å². The summed E-state index contributed by atoms with van der Waals surface area (Å²) in [5.74, 6) is -2.04. The Morgan fingerprint density at radius 2 is 2.00 bits per heavy atom. The number of benzene rings is 1. The maximum atomic E-state index is 13.7. The van der Waals surface area contributed by atoms with Crippen LogP contribution < -0.4 is 10.6 Å². The maximum Gasteiger partial charge on any atom is 0.313 e. The van der Waals surface area contributed by atoms with Gasteiger partial charge in [-0.1, -0.05) is 26.8 Å². The normalized spacial score (nSPS) is 20.7. The van der Waals surface area contributed by atoms with Gasteiger partial charge in [0.05, 0.1) is 11.8 Å². The number of carbonyl (C=O) groups is 2. The lowest BCUT2D eigenvalue weighted by molar-refractivity contribution is -0.136. The highest BCUT2D eigenvalue weighted by molar-refractivity contribution is 6.39. The van der Waals surface area contributed by atoms with E-state index in [4.69, 9.17) is 4.74 Å². The number of amides is 2. The molecule has 24 heavy (non-hydrogen) atoms. The Kier molecular flexibility index (Phi) is 5.59. The van der Waals surface area contributed by atoms with Crippen molar-refractivity contribution >= 4 is 17.5 Å². The molecule has 1 aromatic carbocycles. The minimum absolute atomic E-state index is 0.00230. The van der Waals surface area contributed by atoms with Gasteiger partial charge in [0.1, 0.15) is 5.82 Å². The highest BCUT2D eigenvalue weighted by atomic mass is 19.1. The Morgan fingerprint density at radius 3 is 2.62 bits per heavy atom. The van der Waals surface area contributed by atoms with Crippen molar-refractivity contribution in [2.45, 2.75) is 40.2 Å². The SMILES string of the molecule is Cc1ccc(NC(=O)C(=O)NC[C@H]2CCO[C@H]2C(C)(C)C)c(F)c1. The molecule has 0 unspecified atom stereocenters. The lowest BCUT2D eigenvalue weighted by Gasteiger charge is -2.31. The van der Waals surface area contributed by atoms with Crippen LogP contribution in [0.3, 0.4) is 0 Å². The van der Waals surface area contributed by atoms with Gasteiger partial charge in [-0.25, -0.2) is 4.39 Å². The predicted octanol–water partition coefficient (Wildman–Crippen LogP) is 2.64. The third kappa shape index (κ3) is 4.54. The van der Waals surface area contributed by atoms with Crippen molar-refractivity contribution in [2.24, 2.45) is 11.3 Å². The molecule has 0 aliphatic carbocycles. The first kappa shape index (κ1) is 18.4. The number of carbonyl (C=O) groups excluding carboxylic acids is 2. The second-order valence-corrected chi connectivity index (χ2v) is 7.35. The summed E-state index contributed by atoms with van der Waals surface area (Å²) in [6.45, 7) is 9.03. The van der Waals surface area contributed by atoms with Crippen LogP contribution in [-0.2, 0) is 14.3 Å². The van der Waals surface area contributed by atoms with Crippen LogP contribution >= 0.6 is 0 Å². The van der Waals surface area contributed by atoms with Gasteiger partial charge in [0.25, 0.3) is 0 Å². The van der Waals surface area contributed by atoms with Crippen molar-refractivity contribution in [3.8, 4) is 0 Å². The Morgan fingerprint density at radius 1 is 1.29 bits per heavy atom. The summed E-state index contributed by atoms with van der Waals surface area (Å²) >= 11 is 0. The molecule has 6 heteroatoms. The van der Waals surface area contributed by atoms with E-state index in [0.717, 1.165) is 12.0 Å². The smallest absolute Gasteiger partial charge is 0.313 e. The number of anilines is 1. The van der Waals surface area contributed by atoms with Gasteiger partial charge >= 0.3 is 11.8 Å². The van der Waals surface area contributed by atoms with Gasteiger partial charge in [-0.15, -0.1) is 0 Å². The molecule has 1 fully saturated rings. The summed E-state index contributed by atoms with van der Waals surface area (Å²) in [5, 5.41) is 4.92. The van der Waals surface area contributed by atoms with Gasteiger partial charge in [0.15, 0.2) is 0 Å². The van der Waals surface area contributed by atoms with Crippen molar-refractivity contribution in [1.29, 1.82) is 0 Å². The average molecular weight is 336 g/mol. The third-order valence-electron chi connectivity index (χ3n) is 4.17. The Balaban J connectivity index is 1.89. The summed E-state index contributed by atoms with van der Waals surface area (Å²) in [7, 11) is 0. The number of rotatable bonds is 3. The van der Waals surface area contributed by atoms with Crippen LogP contribution in [0.2, 0.25) is 0 Å². The highest BCUT2D eigenvalue weighted by Crippen LogP contribution is 2.34. The zero-order valence-electron chi connectivity index (χ0n) is 14.6. The van der Waals surface area contributed by atoms with Gasteiger partial charge in [-0.3, -0.25) is 9.59 Å². The second-order valence-electron chi connectivity index (χ2n) is 7.35. The van der Waals surface area contributed by atoms with Crippen LogP contribution in [0.25, 0.3) is 0 Å². The van der Waals surface area contributed by atoms with Gasteiger partial charge in [0, 0.05) is 19.1 Å². The molecule has 2 amide bonds. The molecular weight excluding hydrogens is 311 g/mol. The Bertz CT molecular complexity index is 625. The number of nitrogens with one attached hydrogen (secondary N) is 2. The van der Waals surface area contributed by atoms with Crippen molar-refractivity contribution in [3.63, 3.8) is 0 Å². The van der Waals surface area contributed by atoms with E-state index in [9.17, 15) is 14.0 Å². The quantitative estimate of drug-likeness (QED) is 0.834. The van der Waals surface area contributed by atoms with Crippen LogP contribution in [0.15, 0.2) is 18.2 Å². The van der Waals surface area contributed by atoms with E-state index in [2.05, 4.69) is 31.4 Å². The van der Waals surface area contributed by atoms with Gasteiger partial charge in [0.2, 0.25) is 0 Å². The first-order valence-corrected chi connectivity index (χ1v) is 8.15. The highest BCUT2D eigenvalue weighted by Gasteiger charge is 2.37. The molecule has 2 rings (SSSR count). The lowest BCUT2D eigenvalue weighted by Crippen LogP contribution is -2.42. The van der Waals surface area contributed by atoms with E-state index >= 15 is 0 Å². The maximum absolute atomic E-state index is 13.7. The molecule has 1 saturated heterocycles. The summed E-state index contributed by atoms with van der Waals surface area (Å²) < 4.78 is 19.5. The molecule has 2 N–H and O–H groups in total. The van der Waals surface area contributed by atoms with Crippen molar-refractivity contribution < 1.29 is 18.7 Å². The summed E-state index contributed by atoms with van der Waals surface area (Å²) in [5.41, 5.74) is 0.709. The van der Waals surface area contributed by atoms with E-state index in [0.29, 0.717) is 13.2 Å². The number of hydrogen-bond donors (Lipinski definition) is 2. The fraction of sp³-hybridized carbons (Fsp3) is 0.556. The summed E-state index contributed by atoms with van der Waals surface area (Å²) in [6, 6.07) is 4.41. The molecule has 0 radical (unpaired) electrons. The molecule has 1 aromatic rings. The molecular formula is C18H25FN2O3. The molecule has 0 bridgehead atoms. The average Bonchev–Trinajstić information content (AvgIpc) is 2.96. The predicted molar refractivity (Wildman–Crippen MR) is 90.1 cm³/mol. The molecule has 5 nitrogen and oxygen atoms in total. The fourth-order valence-electron chi connectivity index (χ4n) is 3.00. The first-order valence-electron chi connectivity index (χ1n) is 8.15. The number of hydrogen-bond acceptors (Lipinski definition) is 3. The van der Waals surface area contributed by atoms with Crippen LogP contribution in [0.4, 0.5) is 10.1 Å². The van der Waals surface area contributed by atoms with Crippen LogP contribution in [0, 0.1) is 24.1 Å². The largest absolute Gasteiger partial charge is 0.377 e. The second kappa shape index (κ2) is 7.30. The molecule has 0 saturated carbocycles. The molecule has 1 aliphatic rings. The number of aryl methyl sites for hydroxylation is 1. The van der Waals surface area contributed by atoms with Crippen LogP contribution in [-0.4, -0.2) is 31.1 Å². The van der Waals surface area contributed by atoms with Gasteiger partial charge in [-0.05, 0) is 36.5 Å². The number of halogens is 1. The first-order chi connectivity index (χ1) is 11.2. The molecule has 0 aromatic heterocycles. The minimum atomic E-state index is -0.871. The lowest BCUT2D eigenvalue weighted by atomic mass is 9.81.